The van der Waals surface area contributed by atoms with Crippen molar-refractivity contribution in [2.24, 2.45) is 0 Å². The summed E-state index contributed by atoms with van der Waals surface area (Å²) >= 11 is 2.32. The number of halogens is 1. The van der Waals surface area contributed by atoms with Gasteiger partial charge in [0.15, 0.2) is 0 Å². The van der Waals surface area contributed by atoms with Gasteiger partial charge in [0.2, 0.25) is 0 Å². The van der Waals surface area contributed by atoms with Crippen LogP contribution in [-0.2, 0) is 6.42 Å². The van der Waals surface area contributed by atoms with Crippen molar-refractivity contribution in [3.05, 3.63) is 33.4 Å². The molecule has 0 amide bonds. The van der Waals surface area contributed by atoms with Crippen LogP contribution in [0.1, 0.15) is 24.8 Å². The molecule has 0 bridgehead atoms. The first-order chi connectivity index (χ1) is 6.33. The summed E-state index contributed by atoms with van der Waals surface area (Å²) in [5.74, 6) is 2.66. The first kappa shape index (κ1) is 10.6. The number of hydrogen-bond donors (Lipinski definition) is 0. The van der Waals surface area contributed by atoms with Crippen LogP contribution in [0.5, 0.6) is 0 Å². The lowest BCUT2D eigenvalue weighted by Gasteiger charge is -1.99. The van der Waals surface area contributed by atoms with Crippen LogP contribution in [0.15, 0.2) is 24.3 Å². The van der Waals surface area contributed by atoms with Gasteiger partial charge >= 0.3 is 0 Å². The van der Waals surface area contributed by atoms with E-state index in [1.807, 2.05) is 0 Å². The average molecular weight is 284 g/mol. The summed E-state index contributed by atoms with van der Waals surface area (Å²) in [6, 6.07) is 8.68. The summed E-state index contributed by atoms with van der Waals surface area (Å²) < 4.78 is 1.30. The van der Waals surface area contributed by atoms with Gasteiger partial charge in [-0.3, -0.25) is 0 Å². The third kappa shape index (κ3) is 4.33. The predicted octanol–water partition coefficient (Wildman–Crippen LogP) is 3.64. The number of benzene rings is 1. The van der Waals surface area contributed by atoms with E-state index >= 15 is 0 Å². The van der Waals surface area contributed by atoms with Gasteiger partial charge in [-0.25, -0.2) is 0 Å². The molecule has 0 aliphatic heterocycles. The molecule has 1 aromatic carbocycles. The topological polar surface area (TPSA) is 0 Å². The van der Waals surface area contributed by atoms with Gasteiger partial charge < -0.3 is 0 Å². The summed E-state index contributed by atoms with van der Waals surface area (Å²) in [6.07, 6.45) is 9.58. The maximum atomic E-state index is 5.18. The maximum Gasteiger partial charge on any atom is 0.0130 e. The Balaban J connectivity index is 2.30. The average Bonchev–Trinajstić information content (AvgIpc) is 2.15. The molecule has 0 radical (unpaired) electrons. The molecule has 0 spiro atoms. The van der Waals surface area contributed by atoms with Crippen LogP contribution in [0.3, 0.4) is 0 Å². The van der Waals surface area contributed by atoms with Gasteiger partial charge in [-0.2, -0.15) is 0 Å². The van der Waals surface area contributed by atoms with Crippen molar-refractivity contribution >= 4 is 22.6 Å². The first-order valence-electron chi connectivity index (χ1n) is 4.51. The Bertz CT molecular complexity index is 279. The maximum absolute atomic E-state index is 5.18. The van der Waals surface area contributed by atoms with E-state index < -0.39 is 0 Å². The SMILES string of the molecule is C#CCCCCc1ccc(I)cc1. The van der Waals surface area contributed by atoms with Gasteiger partial charge in [0, 0.05) is 9.99 Å². The predicted molar refractivity (Wildman–Crippen MR) is 65.5 cm³/mol. The largest absolute Gasteiger partial charge is 0.120 e. The molecule has 0 heterocycles. The third-order valence-electron chi connectivity index (χ3n) is 1.95. The molecule has 13 heavy (non-hydrogen) atoms. The normalized spacial score (nSPS) is 9.54. The molecule has 0 unspecified atom stereocenters. The first-order valence-corrected chi connectivity index (χ1v) is 5.58. The lowest BCUT2D eigenvalue weighted by atomic mass is 10.1. The van der Waals surface area contributed by atoms with Crippen molar-refractivity contribution in [1.29, 1.82) is 0 Å². The Morgan fingerprint density at radius 1 is 1.15 bits per heavy atom. The fourth-order valence-corrected chi connectivity index (χ4v) is 1.57. The highest BCUT2D eigenvalue weighted by Gasteiger charge is 1.92. The van der Waals surface area contributed by atoms with E-state index in [9.17, 15) is 0 Å². The standard InChI is InChI=1S/C12H13I/c1-2-3-4-5-6-11-7-9-12(13)10-8-11/h1,7-10H,3-6H2. The van der Waals surface area contributed by atoms with Crippen LogP contribution in [-0.4, -0.2) is 0 Å². The summed E-state index contributed by atoms with van der Waals surface area (Å²) in [5.41, 5.74) is 1.41. The van der Waals surface area contributed by atoms with Gasteiger partial charge in [-0.05, 0) is 59.5 Å². The fourth-order valence-electron chi connectivity index (χ4n) is 1.21. The van der Waals surface area contributed by atoms with E-state index in [1.165, 1.54) is 15.6 Å². The molecule has 0 atom stereocenters. The molecule has 0 aliphatic rings. The van der Waals surface area contributed by atoms with Crippen LogP contribution in [0.2, 0.25) is 0 Å². The van der Waals surface area contributed by atoms with E-state index in [2.05, 4.69) is 52.8 Å². The number of rotatable bonds is 4. The van der Waals surface area contributed by atoms with E-state index in [0.29, 0.717) is 0 Å². The summed E-state index contributed by atoms with van der Waals surface area (Å²) in [6.45, 7) is 0. The molecular weight excluding hydrogens is 271 g/mol. The van der Waals surface area contributed by atoms with Crippen molar-refractivity contribution in [3.8, 4) is 12.3 Å². The summed E-state index contributed by atoms with van der Waals surface area (Å²) in [4.78, 5) is 0. The van der Waals surface area contributed by atoms with Crippen molar-refractivity contribution in [2.45, 2.75) is 25.7 Å². The Morgan fingerprint density at radius 2 is 1.85 bits per heavy atom. The quantitative estimate of drug-likeness (QED) is 0.450. The third-order valence-corrected chi connectivity index (χ3v) is 2.67. The van der Waals surface area contributed by atoms with Crippen LogP contribution >= 0.6 is 22.6 Å². The van der Waals surface area contributed by atoms with Gasteiger partial charge in [-0.1, -0.05) is 12.1 Å². The molecule has 1 rings (SSSR count). The summed E-state index contributed by atoms with van der Waals surface area (Å²) in [7, 11) is 0. The highest BCUT2D eigenvalue weighted by molar-refractivity contribution is 14.1. The van der Waals surface area contributed by atoms with Gasteiger partial charge in [0.25, 0.3) is 0 Å². The lowest BCUT2D eigenvalue weighted by Crippen LogP contribution is -1.85. The van der Waals surface area contributed by atoms with E-state index in [4.69, 9.17) is 6.42 Å². The zero-order chi connectivity index (χ0) is 9.52. The smallest absolute Gasteiger partial charge is 0.0130 e. The zero-order valence-corrected chi connectivity index (χ0v) is 9.75. The van der Waals surface area contributed by atoms with Crippen LogP contribution in [0, 0.1) is 15.9 Å². The molecule has 68 valence electrons. The second-order valence-corrected chi connectivity index (χ2v) is 4.28. The number of hydrogen-bond acceptors (Lipinski definition) is 0. The minimum atomic E-state index is 0.907. The molecule has 0 aliphatic carbocycles. The number of aryl methyl sites for hydroxylation is 1. The second-order valence-electron chi connectivity index (χ2n) is 3.04. The molecule has 1 heteroatoms. The van der Waals surface area contributed by atoms with E-state index in [-0.39, 0.29) is 0 Å². The highest BCUT2D eigenvalue weighted by atomic mass is 127. The monoisotopic (exact) mass is 284 g/mol. The minimum absolute atomic E-state index is 0.907. The van der Waals surface area contributed by atoms with E-state index in [0.717, 1.165) is 19.3 Å². The fraction of sp³-hybridized carbons (Fsp3) is 0.333. The van der Waals surface area contributed by atoms with Crippen LogP contribution in [0.4, 0.5) is 0 Å². The molecule has 0 fully saturated rings. The van der Waals surface area contributed by atoms with Gasteiger partial charge in [0.1, 0.15) is 0 Å². The second kappa shape index (κ2) is 6.04. The zero-order valence-electron chi connectivity index (χ0n) is 7.59. The Kier molecular flexibility index (Phi) is 4.92. The highest BCUT2D eigenvalue weighted by Crippen LogP contribution is 2.09. The van der Waals surface area contributed by atoms with Crippen molar-refractivity contribution in [1.82, 2.24) is 0 Å². The van der Waals surface area contributed by atoms with Crippen molar-refractivity contribution in [3.63, 3.8) is 0 Å². The van der Waals surface area contributed by atoms with Gasteiger partial charge in [0.05, 0.1) is 0 Å². The molecule has 0 aromatic heterocycles. The van der Waals surface area contributed by atoms with E-state index in [1.54, 1.807) is 0 Å². The Hall–Kier alpha value is -0.490. The Labute approximate surface area is 93.9 Å². The number of terminal acetylenes is 1. The number of unbranched alkanes of at least 4 members (excludes halogenated alkanes) is 2. The van der Waals surface area contributed by atoms with Crippen molar-refractivity contribution in [2.75, 3.05) is 0 Å². The molecule has 0 saturated carbocycles. The van der Waals surface area contributed by atoms with Crippen LogP contribution < -0.4 is 0 Å². The Morgan fingerprint density at radius 3 is 2.46 bits per heavy atom. The van der Waals surface area contributed by atoms with Crippen molar-refractivity contribution < 1.29 is 0 Å². The molecule has 0 saturated heterocycles. The lowest BCUT2D eigenvalue weighted by molar-refractivity contribution is 0.756. The summed E-state index contributed by atoms with van der Waals surface area (Å²) in [5, 5.41) is 0. The minimum Gasteiger partial charge on any atom is -0.120 e. The molecular formula is C12H13I. The molecule has 0 N–H and O–H groups in total. The molecule has 0 nitrogen and oxygen atoms in total. The molecule has 1 aromatic rings. The van der Waals surface area contributed by atoms with Crippen LogP contribution in [0.25, 0.3) is 0 Å². The van der Waals surface area contributed by atoms with Gasteiger partial charge in [-0.15, -0.1) is 12.3 Å².